The number of allylic oxidation sites excluding steroid dienone is 2. The smallest absolute Gasteiger partial charge is 0.335 e. The van der Waals surface area contributed by atoms with Gasteiger partial charge in [-0.05, 0) is 124 Å². The van der Waals surface area contributed by atoms with Crippen LogP contribution >= 0.6 is 0 Å². The van der Waals surface area contributed by atoms with Crippen molar-refractivity contribution >= 4 is 24.2 Å². The van der Waals surface area contributed by atoms with Crippen LogP contribution in [0.4, 0.5) is 0 Å². The molecule has 0 radical (unpaired) electrons. The third kappa shape index (κ3) is 16.4. The summed E-state index contributed by atoms with van der Waals surface area (Å²) in [5.74, 6) is -4.56. The number of aldehydes is 1. The Balaban J connectivity index is 0.774. The maximum absolute atomic E-state index is 16.3. The molecule has 5 aliphatic carbocycles. The highest BCUT2D eigenvalue weighted by molar-refractivity contribution is 5.79. The van der Waals surface area contributed by atoms with Gasteiger partial charge in [-0.2, -0.15) is 0 Å². The van der Waals surface area contributed by atoms with Crippen LogP contribution in [-0.2, 0) is 99.7 Å². The van der Waals surface area contributed by atoms with Crippen LogP contribution < -0.4 is 0 Å². The highest BCUT2D eigenvalue weighted by Crippen LogP contribution is 2.76. The SMILES string of the molecule is CC(=O)O[C@H]1[C@@H](O[C@@H]2O[C@H](C)[C@@H](O)[C@H](O)[C@H]2O)[C@@H](C)O[C@@H](OC(=O)[C@]23CCC(C)(C)C[C@H]2C2=CC[C@@H]4[C@@]5(C)CC[C@H](O[C@@H]6O[C@H](C(=O)O)[C@@H](O)[C@H](O[C@@H]7OC[C@@H](O)[C@H](O)[C@H]7O)[C@H]6O[C@@H]6O[C@H](CO)[C@H](O)[C@H](O)[C@H]6O)[C@@](C)(C=O)[C@@H]5CC[C@@]4(C)[C@]2(C)CC3)[C@@H]1O[C@@H]1O[C@@H](C)[C@H](O[C@@H]2OC[C@@H](O)[C@H](O[C@@H]3OC[C@@H](O)[C@H](O)[C@H]3O)[C@H]2O)[C@@H](O)[C@H]1O. The molecule has 40 heteroatoms. The lowest BCUT2D eigenvalue weighted by Gasteiger charge is -2.71. The Morgan fingerprint density at radius 2 is 0.957 bits per heavy atom. The average Bonchev–Trinajstić information content (AvgIpc) is 0.673. The molecule has 13 rings (SSSR count). The fourth-order valence-corrected chi connectivity index (χ4v) is 21.6. The quantitative estimate of drug-likeness (QED) is 0.0234. The summed E-state index contributed by atoms with van der Waals surface area (Å²) in [4.78, 5) is 57.3. The van der Waals surface area contributed by atoms with E-state index in [0.29, 0.717) is 51.4 Å². The molecule has 4 saturated carbocycles. The Morgan fingerprint density at radius 1 is 0.453 bits per heavy atom. The van der Waals surface area contributed by atoms with Gasteiger partial charge in [0.25, 0.3) is 0 Å². The number of ether oxygens (including phenoxy) is 17. The molecule has 8 heterocycles. The minimum Gasteiger partial charge on any atom is -0.479 e. The Kier molecular flexibility index (Phi) is 27.1. The van der Waals surface area contributed by atoms with Crippen molar-refractivity contribution < 1.29 is 197 Å². The number of hydrogen-bond donors (Lipinski definition) is 19. The van der Waals surface area contributed by atoms with Crippen molar-refractivity contribution in [3.63, 3.8) is 0 Å². The fourth-order valence-electron chi connectivity index (χ4n) is 21.6. The highest BCUT2D eigenvalue weighted by Gasteiger charge is 2.72. The molecule has 0 unspecified atom stereocenters. The Labute approximate surface area is 673 Å². The molecule has 13 aliphatic rings. The summed E-state index contributed by atoms with van der Waals surface area (Å²) in [6, 6.07) is 0. The largest absolute Gasteiger partial charge is 0.479 e. The molecule has 0 bridgehead atoms. The molecule has 40 nitrogen and oxygen atoms in total. The van der Waals surface area contributed by atoms with E-state index in [4.69, 9.17) is 80.5 Å². The Morgan fingerprint density at radius 3 is 1.56 bits per heavy atom. The third-order valence-corrected chi connectivity index (χ3v) is 28.8. The maximum Gasteiger partial charge on any atom is 0.335 e. The minimum atomic E-state index is -2.23. The number of fused-ring (bicyclic) bond motifs is 7. The molecule has 8 aliphatic heterocycles. The molecule has 12 fully saturated rings. The van der Waals surface area contributed by atoms with E-state index in [0.717, 1.165) is 18.8 Å². The van der Waals surface area contributed by atoms with E-state index in [-0.39, 0.29) is 24.2 Å². The third-order valence-electron chi connectivity index (χ3n) is 28.8. The molecule has 19 N–H and O–H groups in total. The molecule has 0 aromatic heterocycles. The van der Waals surface area contributed by atoms with Crippen molar-refractivity contribution in [3.05, 3.63) is 11.6 Å². The van der Waals surface area contributed by atoms with Crippen LogP contribution in [0.15, 0.2) is 11.6 Å². The van der Waals surface area contributed by atoms with Crippen LogP contribution in [0.5, 0.6) is 0 Å². The number of hydrogen-bond acceptors (Lipinski definition) is 39. The van der Waals surface area contributed by atoms with Crippen LogP contribution in [0.1, 0.15) is 133 Å². The lowest BCUT2D eigenvalue weighted by molar-refractivity contribution is -0.391. The van der Waals surface area contributed by atoms with Gasteiger partial charge in [-0.25, -0.2) is 4.79 Å². The maximum atomic E-state index is 16.3. The van der Waals surface area contributed by atoms with Gasteiger partial charge in [0.2, 0.25) is 6.29 Å². The zero-order valence-corrected chi connectivity index (χ0v) is 66.8. The van der Waals surface area contributed by atoms with E-state index in [1.165, 1.54) is 20.8 Å². The van der Waals surface area contributed by atoms with E-state index in [2.05, 4.69) is 40.7 Å². The van der Waals surface area contributed by atoms with Crippen molar-refractivity contribution in [1.29, 1.82) is 0 Å². The van der Waals surface area contributed by atoms with Gasteiger partial charge < -0.3 is 182 Å². The molecular weight excluding hydrogens is 1560 g/mol. The summed E-state index contributed by atoms with van der Waals surface area (Å²) >= 11 is 0. The van der Waals surface area contributed by atoms with Crippen molar-refractivity contribution in [2.75, 3.05) is 26.4 Å². The predicted molar refractivity (Wildman–Crippen MR) is 382 cm³/mol. The number of aliphatic carboxylic acids is 1. The number of aliphatic hydroxyl groups is 18. The first-order valence-corrected chi connectivity index (χ1v) is 40.6. The minimum absolute atomic E-state index is 0.110. The molecule has 46 atom stereocenters. The van der Waals surface area contributed by atoms with Gasteiger partial charge in [0.1, 0.15) is 147 Å². The first-order chi connectivity index (χ1) is 54.9. The average molecular weight is 1690 g/mol. The number of esters is 2. The molecule has 0 spiro atoms. The summed E-state index contributed by atoms with van der Waals surface area (Å²) < 4.78 is 104. The number of carbonyl (C=O) groups is 4. The van der Waals surface area contributed by atoms with Gasteiger partial charge in [-0.3, -0.25) is 9.59 Å². The lowest BCUT2D eigenvalue weighted by Crippen LogP contribution is -2.69. The van der Waals surface area contributed by atoms with Gasteiger partial charge in [0.05, 0.1) is 61.7 Å². The van der Waals surface area contributed by atoms with Crippen molar-refractivity contribution in [2.24, 2.45) is 50.2 Å². The first-order valence-electron chi connectivity index (χ1n) is 40.6. The zero-order valence-electron chi connectivity index (χ0n) is 66.8. The van der Waals surface area contributed by atoms with E-state index >= 15 is 4.79 Å². The standard InChI is InChI=1S/C77H120O40/c1-27-40(84)44(88)49(93)66(104-27)111-55-29(3)106-69(61(59(55)107-30(4)80)116-67-51(95)46(90)54(28(2)105-67)110-65-53(97)56(35(83)25-103-65)112-63-47(91)41(85)33(81)23-101-63)117-71(100)77-19-17-72(5,6)21-32(77)31-11-12-38-73(7)15-14-39(74(8,26-79)37(73)13-16-76(38,10)75(31,9)18-20-77)109-70-60(115-68-50(94)45(89)43(87)36(22-78)108-68)57(52(96)58(114-70)62(98)99)113-64-48(92)42(86)34(82)24-102-64/h11,26-29,32-61,63-70,78,81-97H,12-25H2,1-10H3,(H,98,99)/t27-,28+,29-,32+,33-,34-,35-,36-,37-,38-,39+,40-,41+,42+,43+,44+,45+,46+,47-,48-,49-,50-,51-,52+,53-,54+,55+,56+,57+,58+,59+,60-,61-,63+,64+,65+,66+,67+,68+,69+,70-,73+,74+,75-,76-,77+/m1/s1. The molecule has 0 aromatic rings. The topological polar surface area (TPSA) is 610 Å². The van der Waals surface area contributed by atoms with Crippen LogP contribution in [0, 0.1) is 50.2 Å². The van der Waals surface area contributed by atoms with Gasteiger partial charge >= 0.3 is 17.9 Å². The summed E-state index contributed by atoms with van der Waals surface area (Å²) in [5, 5.41) is 208. The van der Waals surface area contributed by atoms with Crippen LogP contribution in [0.25, 0.3) is 0 Å². The summed E-state index contributed by atoms with van der Waals surface area (Å²) in [6.45, 7) is 15.4. The summed E-state index contributed by atoms with van der Waals surface area (Å²) in [7, 11) is 0. The number of carboxylic acid groups (broad SMARTS) is 1. The van der Waals surface area contributed by atoms with Gasteiger partial charge in [0.15, 0.2) is 62.3 Å². The van der Waals surface area contributed by atoms with Gasteiger partial charge in [0, 0.05) is 6.92 Å². The van der Waals surface area contributed by atoms with E-state index in [1.807, 2.05) is 0 Å². The molecule has 0 aromatic carbocycles. The van der Waals surface area contributed by atoms with Gasteiger partial charge in [-0.1, -0.05) is 53.2 Å². The van der Waals surface area contributed by atoms with E-state index in [1.54, 1.807) is 6.92 Å². The molecule has 0 amide bonds. The molecular formula is C77H120O40. The second kappa shape index (κ2) is 34.8. The zero-order chi connectivity index (χ0) is 85.3. The summed E-state index contributed by atoms with van der Waals surface area (Å²) in [6.07, 6.45) is -60.4. The second-order valence-corrected chi connectivity index (χ2v) is 36.4. The van der Waals surface area contributed by atoms with Gasteiger partial charge in [-0.15, -0.1) is 0 Å². The highest BCUT2D eigenvalue weighted by atomic mass is 16.8. The van der Waals surface area contributed by atoms with Crippen LogP contribution in [0.2, 0.25) is 0 Å². The van der Waals surface area contributed by atoms with Crippen LogP contribution in [-0.4, -0.2) is 381 Å². The van der Waals surface area contributed by atoms with Crippen molar-refractivity contribution in [3.8, 4) is 0 Å². The lowest BCUT2D eigenvalue weighted by atomic mass is 9.33. The van der Waals surface area contributed by atoms with E-state index < -0.39 is 317 Å². The Bertz CT molecular complexity index is 3490. The first kappa shape index (κ1) is 91.2. The molecule has 8 saturated heterocycles. The fraction of sp³-hybridized carbons (Fsp3) is 0.922. The molecule has 668 valence electrons. The number of carboxylic acids is 1. The predicted octanol–water partition coefficient (Wildman–Crippen LogP) is -5.90. The number of aliphatic hydroxyl groups excluding tert-OH is 18. The number of carbonyl (C=O) groups excluding carboxylic acids is 3. The Hall–Kier alpha value is -3.50. The molecule has 117 heavy (non-hydrogen) atoms. The van der Waals surface area contributed by atoms with Crippen molar-refractivity contribution in [2.45, 2.75) is 367 Å². The normalized spacial score (nSPS) is 53.9. The monoisotopic (exact) mass is 1680 g/mol. The second-order valence-electron chi connectivity index (χ2n) is 36.4. The number of rotatable bonds is 20. The summed E-state index contributed by atoms with van der Waals surface area (Å²) in [5.41, 5.74) is -3.96. The van der Waals surface area contributed by atoms with Crippen LogP contribution in [0.3, 0.4) is 0 Å². The van der Waals surface area contributed by atoms with E-state index in [9.17, 15) is 111 Å². The van der Waals surface area contributed by atoms with Crippen molar-refractivity contribution in [1.82, 2.24) is 0 Å².